The zero-order valence-electron chi connectivity index (χ0n) is 13.1. The van der Waals surface area contributed by atoms with E-state index in [0.29, 0.717) is 12.8 Å². The van der Waals surface area contributed by atoms with Crippen LogP contribution in [0.1, 0.15) is 56.7 Å². The molecule has 1 heterocycles. The molecule has 116 valence electrons. The van der Waals surface area contributed by atoms with Gasteiger partial charge in [-0.2, -0.15) is 0 Å². The molecule has 0 radical (unpaired) electrons. The molecule has 4 heteroatoms. The second-order valence-corrected chi connectivity index (χ2v) is 6.12. The first-order chi connectivity index (χ1) is 9.92. The second-order valence-electron chi connectivity index (χ2n) is 6.12. The van der Waals surface area contributed by atoms with Crippen LogP contribution in [0.3, 0.4) is 0 Å². The molecule has 0 bridgehead atoms. The lowest BCUT2D eigenvalue weighted by molar-refractivity contribution is -0.151. The molecule has 1 aromatic rings. The molecule has 0 aromatic heterocycles. The Balaban J connectivity index is 2.38. The summed E-state index contributed by atoms with van der Waals surface area (Å²) in [6.07, 6.45) is 3.07. The third kappa shape index (κ3) is 2.77. The number of phenolic OH excluding ortho intramolecular Hbond substituents is 1. The van der Waals surface area contributed by atoms with Crippen LogP contribution in [-0.4, -0.2) is 33.2 Å². The van der Waals surface area contributed by atoms with Crippen LogP contribution in [-0.2, 0) is 4.79 Å². The number of carboxylic acid groups (broad SMARTS) is 1. The molecule has 2 atom stereocenters. The van der Waals surface area contributed by atoms with Crippen molar-refractivity contribution in [3.63, 3.8) is 0 Å². The monoisotopic (exact) mass is 291 g/mol. The number of aromatic hydroxyl groups is 1. The Hall–Kier alpha value is -1.55. The van der Waals surface area contributed by atoms with E-state index in [1.165, 1.54) is 0 Å². The number of nitrogens with zero attached hydrogens (tertiary/aromatic N) is 1. The molecule has 1 aliphatic heterocycles. The van der Waals surface area contributed by atoms with E-state index in [2.05, 4.69) is 4.90 Å². The highest BCUT2D eigenvalue weighted by Crippen LogP contribution is 2.42. The van der Waals surface area contributed by atoms with E-state index < -0.39 is 11.5 Å². The molecular weight excluding hydrogens is 266 g/mol. The molecule has 0 aliphatic carbocycles. The maximum atomic E-state index is 11.9. The first kappa shape index (κ1) is 15.8. The fraction of sp³-hybridized carbons (Fsp3) is 0.588. The maximum Gasteiger partial charge on any atom is 0.324 e. The number of aryl methyl sites for hydroxylation is 1. The maximum absolute atomic E-state index is 11.9. The Bertz CT molecular complexity index is 529. The van der Waals surface area contributed by atoms with Gasteiger partial charge in [-0.1, -0.05) is 31.0 Å². The molecule has 2 N–H and O–H groups in total. The van der Waals surface area contributed by atoms with Crippen molar-refractivity contribution in [3.05, 3.63) is 29.3 Å². The zero-order valence-corrected chi connectivity index (χ0v) is 13.1. The van der Waals surface area contributed by atoms with Gasteiger partial charge in [-0.25, -0.2) is 0 Å². The Morgan fingerprint density at radius 3 is 2.81 bits per heavy atom. The van der Waals surface area contributed by atoms with Crippen LogP contribution in [0.2, 0.25) is 0 Å². The van der Waals surface area contributed by atoms with Gasteiger partial charge in [0.05, 0.1) is 0 Å². The highest BCUT2D eigenvalue weighted by atomic mass is 16.4. The number of carboxylic acids is 1. The third-order valence-electron chi connectivity index (χ3n) is 4.70. The summed E-state index contributed by atoms with van der Waals surface area (Å²) in [5, 5.41) is 19.9. The summed E-state index contributed by atoms with van der Waals surface area (Å²) in [7, 11) is 0. The van der Waals surface area contributed by atoms with Crippen molar-refractivity contribution < 1.29 is 15.0 Å². The van der Waals surface area contributed by atoms with E-state index in [9.17, 15) is 15.0 Å². The normalized spacial score (nSPS) is 24.1. The smallest absolute Gasteiger partial charge is 0.324 e. The van der Waals surface area contributed by atoms with Crippen molar-refractivity contribution in [1.82, 2.24) is 4.90 Å². The summed E-state index contributed by atoms with van der Waals surface area (Å²) < 4.78 is 0. The van der Waals surface area contributed by atoms with Crippen molar-refractivity contribution in [3.8, 4) is 5.75 Å². The number of hydrogen-bond donors (Lipinski definition) is 2. The van der Waals surface area contributed by atoms with Gasteiger partial charge in [0.15, 0.2) is 0 Å². The first-order valence-electron chi connectivity index (χ1n) is 7.72. The van der Waals surface area contributed by atoms with Crippen molar-refractivity contribution >= 4 is 5.97 Å². The van der Waals surface area contributed by atoms with Gasteiger partial charge < -0.3 is 10.2 Å². The minimum Gasteiger partial charge on any atom is -0.508 e. The molecule has 2 rings (SSSR count). The van der Waals surface area contributed by atoms with Crippen molar-refractivity contribution in [1.29, 1.82) is 0 Å². The van der Waals surface area contributed by atoms with Crippen LogP contribution < -0.4 is 0 Å². The molecule has 4 nitrogen and oxygen atoms in total. The largest absolute Gasteiger partial charge is 0.508 e. The van der Waals surface area contributed by atoms with Crippen LogP contribution >= 0.6 is 0 Å². The van der Waals surface area contributed by atoms with E-state index in [4.69, 9.17) is 0 Å². The standard InChI is InChI=1S/C17H25NO3/c1-4-8-17(16(20)21)9-5-10-18(17)13(3)14-11-12(2)6-7-15(14)19/h6-7,11,13,19H,4-5,8-10H2,1-3H3,(H,20,21). The molecule has 0 saturated carbocycles. The van der Waals surface area contributed by atoms with E-state index >= 15 is 0 Å². The van der Waals surface area contributed by atoms with Gasteiger partial charge in [0.1, 0.15) is 11.3 Å². The van der Waals surface area contributed by atoms with E-state index in [1.54, 1.807) is 6.07 Å². The number of aliphatic carboxylic acids is 1. The molecular formula is C17H25NO3. The first-order valence-corrected chi connectivity index (χ1v) is 7.72. The molecule has 1 aliphatic rings. The molecule has 2 unspecified atom stereocenters. The number of phenols is 1. The predicted octanol–water partition coefficient (Wildman–Crippen LogP) is 3.48. The number of hydrogen-bond acceptors (Lipinski definition) is 3. The fourth-order valence-electron chi connectivity index (χ4n) is 3.66. The van der Waals surface area contributed by atoms with Crippen LogP contribution in [0.5, 0.6) is 5.75 Å². The summed E-state index contributed by atoms with van der Waals surface area (Å²) in [4.78, 5) is 14.0. The van der Waals surface area contributed by atoms with Crippen LogP contribution in [0, 0.1) is 6.92 Å². The third-order valence-corrected chi connectivity index (χ3v) is 4.70. The lowest BCUT2D eigenvalue weighted by Gasteiger charge is -2.39. The minimum atomic E-state index is -0.787. The van der Waals surface area contributed by atoms with Gasteiger partial charge >= 0.3 is 5.97 Å². The van der Waals surface area contributed by atoms with Gasteiger partial charge in [0, 0.05) is 11.6 Å². The SMILES string of the molecule is CCCC1(C(=O)O)CCCN1C(C)c1cc(C)ccc1O. The lowest BCUT2D eigenvalue weighted by atomic mass is 9.88. The molecule has 0 amide bonds. The second kappa shape index (κ2) is 6.06. The summed E-state index contributed by atoms with van der Waals surface area (Å²) in [6.45, 7) is 6.76. The predicted molar refractivity (Wildman–Crippen MR) is 82.5 cm³/mol. The molecule has 1 saturated heterocycles. The Kier molecular flexibility index (Phi) is 4.57. The number of benzene rings is 1. The summed E-state index contributed by atoms with van der Waals surface area (Å²) in [5.41, 5.74) is 1.11. The van der Waals surface area contributed by atoms with E-state index in [-0.39, 0.29) is 11.8 Å². The number of likely N-dealkylation sites (tertiary alicyclic amines) is 1. The lowest BCUT2D eigenvalue weighted by Crippen LogP contribution is -2.51. The number of rotatable bonds is 5. The van der Waals surface area contributed by atoms with E-state index in [1.807, 2.05) is 32.9 Å². The average molecular weight is 291 g/mol. The van der Waals surface area contributed by atoms with Gasteiger partial charge in [0.25, 0.3) is 0 Å². The highest BCUT2D eigenvalue weighted by Gasteiger charge is 2.49. The van der Waals surface area contributed by atoms with Crippen LogP contribution in [0.15, 0.2) is 18.2 Å². The minimum absolute atomic E-state index is 0.102. The van der Waals surface area contributed by atoms with Crippen molar-refractivity contribution in [2.45, 2.75) is 58.0 Å². The zero-order chi connectivity index (χ0) is 15.6. The quantitative estimate of drug-likeness (QED) is 0.872. The van der Waals surface area contributed by atoms with Crippen molar-refractivity contribution in [2.75, 3.05) is 6.54 Å². The average Bonchev–Trinajstić information content (AvgIpc) is 2.86. The van der Waals surface area contributed by atoms with Crippen LogP contribution in [0.4, 0.5) is 0 Å². The summed E-state index contributed by atoms with van der Waals surface area (Å²) in [5.74, 6) is -0.489. The molecule has 0 spiro atoms. The molecule has 21 heavy (non-hydrogen) atoms. The fourth-order valence-corrected chi connectivity index (χ4v) is 3.66. The Morgan fingerprint density at radius 1 is 1.48 bits per heavy atom. The van der Waals surface area contributed by atoms with Crippen LogP contribution in [0.25, 0.3) is 0 Å². The Morgan fingerprint density at radius 2 is 2.19 bits per heavy atom. The van der Waals surface area contributed by atoms with Gasteiger partial charge in [0.2, 0.25) is 0 Å². The number of carbonyl (C=O) groups is 1. The highest BCUT2D eigenvalue weighted by molar-refractivity contribution is 5.79. The van der Waals surface area contributed by atoms with E-state index in [0.717, 1.165) is 30.5 Å². The summed E-state index contributed by atoms with van der Waals surface area (Å²) >= 11 is 0. The molecule has 1 fully saturated rings. The summed E-state index contributed by atoms with van der Waals surface area (Å²) in [6, 6.07) is 5.41. The van der Waals surface area contributed by atoms with Gasteiger partial charge in [-0.15, -0.1) is 0 Å². The Labute approximate surface area is 126 Å². The van der Waals surface area contributed by atoms with Crippen molar-refractivity contribution in [2.24, 2.45) is 0 Å². The molecule has 1 aromatic carbocycles. The van der Waals surface area contributed by atoms with Gasteiger partial charge in [-0.05, 0) is 45.7 Å². The van der Waals surface area contributed by atoms with Gasteiger partial charge in [-0.3, -0.25) is 9.69 Å². The topological polar surface area (TPSA) is 60.8 Å².